The van der Waals surface area contributed by atoms with Crippen molar-refractivity contribution in [3.8, 4) is 17.3 Å². The maximum absolute atomic E-state index is 8.62. The minimum Gasteiger partial charge on any atom is -0.397 e. The highest BCUT2D eigenvalue weighted by molar-refractivity contribution is 6.35. The van der Waals surface area contributed by atoms with Gasteiger partial charge in [0.05, 0.1) is 28.9 Å². The molecule has 1 heterocycles. The second-order valence-corrected chi connectivity index (χ2v) is 4.58. The number of nitrogen functional groups attached to an aromatic ring is 1. The second-order valence-electron chi connectivity index (χ2n) is 3.74. The molecule has 1 aromatic carbocycles. The van der Waals surface area contributed by atoms with Crippen molar-refractivity contribution in [3.63, 3.8) is 0 Å². The first-order valence-electron chi connectivity index (χ1n) is 5.18. The monoisotopic (exact) mass is 277 g/mol. The molecule has 18 heavy (non-hydrogen) atoms. The lowest BCUT2D eigenvalue weighted by molar-refractivity contribution is 1.20. The van der Waals surface area contributed by atoms with Crippen molar-refractivity contribution in [1.82, 2.24) is 4.98 Å². The number of hydrogen-bond acceptors (Lipinski definition) is 3. The van der Waals surface area contributed by atoms with E-state index < -0.39 is 0 Å². The van der Waals surface area contributed by atoms with E-state index in [1.165, 1.54) is 0 Å². The first-order chi connectivity index (χ1) is 8.61. The van der Waals surface area contributed by atoms with Gasteiger partial charge in [-0.05, 0) is 29.8 Å². The Hall–Kier alpha value is -1.76. The third kappa shape index (κ3) is 2.56. The fraction of sp³-hybridized carbons (Fsp3) is 0.0769. The van der Waals surface area contributed by atoms with Gasteiger partial charge in [-0.2, -0.15) is 5.26 Å². The predicted octanol–water partition coefficient (Wildman–Crippen LogP) is 3.70. The SMILES string of the molecule is N#CCc1cnc(-c2cc(Cl)ccc2Cl)c(N)c1. The fourth-order valence-electron chi connectivity index (χ4n) is 1.62. The number of benzene rings is 1. The number of halogens is 2. The zero-order valence-electron chi connectivity index (χ0n) is 9.32. The summed E-state index contributed by atoms with van der Waals surface area (Å²) in [5.74, 6) is 0. The van der Waals surface area contributed by atoms with Gasteiger partial charge in [-0.3, -0.25) is 4.98 Å². The van der Waals surface area contributed by atoms with Gasteiger partial charge in [0.15, 0.2) is 0 Å². The number of hydrogen-bond donors (Lipinski definition) is 1. The molecule has 0 saturated carbocycles. The van der Waals surface area contributed by atoms with E-state index in [1.54, 1.807) is 30.5 Å². The minimum absolute atomic E-state index is 0.279. The van der Waals surface area contributed by atoms with Crippen molar-refractivity contribution in [2.24, 2.45) is 0 Å². The highest BCUT2D eigenvalue weighted by atomic mass is 35.5. The maximum atomic E-state index is 8.62. The molecule has 0 amide bonds. The Kier molecular flexibility index (Phi) is 3.71. The van der Waals surface area contributed by atoms with Crippen LogP contribution in [0, 0.1) is 11.3 Å². The third-order valence-corrected chi connectivity index (χ3v) is 3.01. The molecule has 0 aliphatic heterocycles. The van der Waals surface area contributed by atoms with Crippen LogP contribution in [0.3, 0.4) is 0 Å². The van der Waals surface area contributed by atoms with Crippen LogP contribution in [0.15, 0.2) is 30.5 Å². The molecule has 0 radical (unpaired) electrons. The van der Waals surface area contributed by atoms with Gasteiger partial charge in [-0.25, -0.2) is 0 Å². The van der Waals surface area contributed by atoms with Crippen molar-refractivity contribution in [3.05, 3.63) is 46.1 Å². The molecule has 3 nitrogen and oxygen atoms in total. The molecule has 0 unspecified atom stereocenters. The third-order valence-electron chi connectivity index (χ3n) is 2.44. The number of pyridine rings is 1. The van der Waals surface area contributed by atoms with Gasteiger partial charge >= 0.3 is 0 Å². The molecular weight excluding hydrogens is 269 g/mol. The van der Waals surface area contributed by atoms with Crippen molar-refractivity contribution < 1.29 is 0 Å². The average Bonchev–Trinajstić information content (AvgIpc) is 2.33. The molecule has 90 valence electrons. The summed E-state index contributed by atoms with van der Waals surface area (Å²) in [6.07, 6.45) is 1.90. The number of aromatic nitrogens is 1. The first-order valence-corrected chi connectivity index (χ1v) is 5.94. The Morgan fingerprint density at radius 2 is 2.06 bits per heavy atom. The number of nitriles is 1. The summed E-state index contributed by atoms with van der Waals surface area (Å²) >= 11 is 12.0. The molecule has 5 heteroatoms. The van der Waals surface area contributed by atoms with Crippen LogP contribution in [0.4, 0.5) is 5.69 Å². The lowest BCUT2D eigenvalue weighted by Gasteiger charge is -2.08. The van der Waals surface area contributed by atoms with Crippen LogP contribution in [0.5, 0.6) is 0 Å². The van der Waals surface area contributed by atoms with E-state index in [2.05, 4.69) is 4.98 Å². The van der Waals surface area contributed by atoms with Crippen LogP contribution in [0.25, 0.3) is 11.3 Å². The largest absolute Gasteiger partial charge is 0.397 e. The van der Waals surface area contributed by atoms with E-state index in [0.29, 0.717) is 27.0 Å². The van der Waals surface area contributed by atoms with Gasteiger partial charge in [0.2, 0.25) is 0 Å². The van der Waals surface area contributed by atoms with E-state index in [0.717, 1.165) is 5.56 Å². The van der Waals surface area contributed by atoms with Crippen LogP contribution < -0.4 is 5.73 Å². The van der Waals surface area contributed by atoms with Gasteiger partial charge in [-0.1, -0.05) is 23.2 Å². The summed E-state index contributed by atoms with van der Waals surface area (Å²) in [5.41, 5.74) is 8.44. The molecule has 2 rings (SSSR count). The smallest absolute Gasteiger partial charge is 0.0946 e. The molecule has 0 aliphatic carbocycles. The number of rotatable bonds is 2. The summed E-state index contributed by atoms with van der Waals surface area (Å²) in [5, 5.41) is 9.72. The summed E-state index contributed by atoms with van der Waals surface area (Å²) in [4.78, 5) is 4.25. The maximum Gasteiger partial charge on any atom is 0.0946 e. The van der Waals surface area contributed by atoms with Crippen LogP contribution >= 0.6 is 23.2 Å². The van der Waals surface area contributed by atoms with E-state index in [4.69, 9.17) is 34.2 Å². The zero-order valence-corrected chi connectivity index (χ0v) is 10.8. The Morgan fingerprint density at radius 3 is 2.72 bits per heavy atom. The van der Waals surface area contributed by atoms with Gasteiger partial charge in [0, 0.05) is 16.8 Å². The summed E-state index contributed by atoms with van der Waals surface area (Å²) in [6, 6.07) is 8.89. The average molecular weight is 278 g/mol. The molecular formula is C13H9Cl2N3. The van der Waals surface area contributed by atoms with Crippen LogP contribution in [0.2, 0.25) is 10.0 Å². The van der Waals surface area contributed by atoms with Crippen LogP contribution in [-0.4, -0.2) is 4.98 Å². The van der Waals surface area contributed by atoms with Crippen LogP contribution in [0.1, 0.15) is 5.56 Å². The summed E-state index contributed by atoms with van der Waals surface area (Å²) in [7, 11) is 0. The number of anilines is 1. The molecule has 0 fully saturated rings. The predicted molar refractivity (Wildman–Crippen MR) is 73.4 cm³/mol. The standard InChI is InChI=1S/C13H9Cl2N3/c14-9-1-2-11(15)10(6-9)13-12(17)5-8(3-4-16)7-18-13/h1-2,5-7H,3,17H2. The number of nitrogens with two attached hydrogens (primary N) is 1. The van der Waals surface area contributed by atoms with Gasteiger partial charge in [0.25, 0.3) is 0 Å². The molecule has 0 spiro atoms. The lowest BCUT2D eigenvalue weighted by Crippen LogP contribution is -1.96. The molecule has 2 N–H and O–H groups in total. The Labute approximate surface area is 115 Å². The summed E-state index contributed by atoms with van der Waals surface area (Å²) in [6.45, 7) is 0. The topological polar surface area (TPSA) is 62.7 Å². The van der Waals surface area contributed by atoms with E-state index in [-0.39, 0.29) is 6.42 Å². The van der Waals surface area contributed by atoms with Crippen molar-refractivity contribution >= 4 is 28.9 Å². The Balaban J connectivity index is 2.51. The zero-order chi connectivity index (χ0) is 13.1. The quantitative estimate of drug-likeness (QED) is 0.910. The highest BCUT2D eigenvalue weighted by Crippen LogP contribution is 2.32. The van der Waals surface area contributed by atoms with E-state index in [1.807, 2.05) is 6.07 Å². The molecule has 0 saturated heterocycles. The van der Waals surface area contributed by atoms with Gasteiger partial charge in [-0.15, -0.1) is 0 Å². The highest BCUT2D eigenvalue weighted by Gasteiger charge is 2.10. The van der Waals surface area contributed by atoms with E-state index >= 15 is 0 Å². The molecule has 0 bridgehead atoms. The normalized spacial score (nSPS) is 10.1. The van der Waals surface area contributed by atoms with E-state index in [9.17, 15) is 0 Å². The lowest BCUT2D eigenvalue weighted by atomic mass is 10.1. The molecule has 2 aromatic rings. The van der Waals surface area contributed by atoms with Gasteiger partial charge in [0.1, 0.15) is 0 Å². The minimum atomic E-state index is 0.279. The molecule has 0 aliphatic rings. The fourth-order valence-corrected chi connectivity index (χ4v) is 2.00. The summed E-state index contributed by atoms with van der Waals surface area (Å²) < 4.78 is 0. The molecule has 0 atom stereocenters. The second kappa shape index (κ2) is 5.26. The molecule has 1 aromatic heterocycles. The van der Waals surface area contributed by atoms with Crippen molar-refractivity contribution in [2.45, 2.75) is 6.42 Å². The Morgan fingerprint density at radius 1 is 1.28 bits per heavy atom. The van der Waals surface area contributed by atoms with Crippen molar-refractivity contribution in [1.29, 1.82) is 5.26 Å². The van der Waals surface area contributed by atoms with Gasteiger partial charge < -0.3 is 5.73 Å². The Bertz CT molecular complexity index is 633. The van der Waals surface area contributed by atoms with Crippen molar-refractivity contribution in [2.75, 3.05) is 5.73 Å². The first kappa shape index (κ1) is 12.7. The number of nitrogens with zero attached hydrogens (tertiary/aromatic N) is 2. The van der Waals surface area contributed by atoms with Crippen LogP contribution in [-0.2, 0) is 6.42 Å².